The van der Waals surface area contributed by atoms with Gasteiger partial charge in [0.05, 0.1) is 28.5 Å². The minimum absolute atomic E-state index is 0.260. The third-order valence-electron chi connectivity index (χ3n) is 7.99. The van der Waals surface area contributed by atoms with Crippen molar-refractivity contribution in [1.82, 2.24) is 40.0 Å². The Morgan fingerprint density at radius 1 is 0.952 bits per heavy atom. The first-order valence-electron chi connectivity index (χ1n) is 14.4. The number of benzene rings is 1. The zero-order chi connectivity index (χ0) is 28.6. The van der Waals surface area contributed by atoms with Gasteiger partial charge >= 0.3 is 0 Å². The van der Waals surface area contributed by atoms with Crippen LogP contribution in [0.4, 0.5) is 10.1 Å². The molecule has 7 rings (SSSR count). The van der Waals surface area contributed by atoms with E-state index in [4.69, 9.17) is 4.98 Å². The summed E-state index contributed by atoms with van der Waals surface area (Å²) in [6.07, 6.45) is 11.6. The summed E-state index contributed by atoms with van der Waals surface area (Å²) in [6.45, 7) is 3.39. The highest BCUT2D eigenvalue weighted by Gasteiger charge is 2.18. The van der Waals surface area contributed by atoms with Crippen molar-refractivity contribution in [3.05, 3.63) is 72.6 Å². The smallest absolute Gasteiger partial charge is 0.181 e. The monoisotopic (exact) mass is 561 g/mol. The van der Waals surface area contributed by atoms with Crippen LogP contribution in [-0.4, -0.2) is 73.7 Å². The molecule has 2 N–H and O–H groups in total. The number of aromatic nitrogens is 7. The molecule has 0 radical (unpaired) electrons. The summed E-state index contributed by atoms with van der Waals surface area (Å²) in [5.74, 6) is 0.354. The number of anilines is 1. The standard InChI is InChI=1S/C32H32FN9/c1-41(2)25-15-22(17-34-19-25)23-16-26-29(39-40-31(26)36-18-23)32-37-27-7-8-35-28(30(27)38-32)21-12-20(13-24(33)14-21)6-5-11-42-9-3-4-10-42/h7-8,12-19H,3-6,9-11H2,1-2H3,(H,37,38)(H,36,39,40). The zero-order valence-electron chi connectivity index (χ0n) is 23.7. The van der Waals surface area contributed by atoms with E-state index in [-0.39, 0.29) is 5.82 Å². The molecule has 212 valence electrons. The topological polar surface area (TPSA) is 103 Å². The Balaban J connectivity index is 1.22. The number of nitrogens with one attached hydrogen (secondary N) is 2. The number of aromatic amines is 2. The first kappa shape index (κ1) is 26.2. The number of hydrogen-bond donors (Lipinski definition) is 2. The predicted octanol–water partition coefficient (Wildman–Crippen LogP) is 5.86. The Kier molecular flexibility index (Phi) is 6.83. The maximum absolute atomic E-state index is 14.8. The lowest BCUT2D eigenvalue weighted by atomic mass is 10.0. The molecule has 0 unspecified atom stereocenters. The van der Waals surface area contributed by atoms with Crippen LogP contribution in [0.1, 0.15) is 24.8 Å². The predicted molar refractivity (Wildman–Crippen MR) is 164 cm³/mol. The Hall–Kier alpha value is -4.70. The fraction of sp³-hybridized carbons (Fsp3) is 0.281. The Bertz CT molecular complexity index is 1880. The lowest BCUT2D eigenvalue weighted by molar-refractivity contribution is 0.334. The molecule has 42 heavy (non-hydrogen) atoms. The van der Waals surface area contributed by atoms with Gasteiger partial charge in [-0.25, -0.2) is 14.4 Å². The number of pyridine rings is 3. The van der Waals surface area contributed by atoms with Gasteiger partial charge in [-0.05, 0) is 87.3 Å². The van der Waals surface area contributed by atoms with Crippen molar-refractivity contribution >= 4 is 27.8 Å². The summed E-state index contributed by atoms with van der Waals surface area (Å²) in [4.78, 5) is 26.5. The molecule has 1 aromatic carbocycles. The second-order valence-corrected chi connectivity index (χ2v) is 11.2. The maximum atomic E-state index is 14.8. The molecule has 0 saturated carbocycles. The highest BCUT2D eigenvalue weighted by Crippen LogP contribution is 2.32. The Morgan fingerprint density at radius 3 is 2.67 bits per heavy atom. The van der Waals surface area contributed by atoms with Gasteiger partial charge in [0.1, 0.15) is 17.0 Å². The van der Waals surface area contributed by atoms with Crippen LogP contribution in [0.15, 0.2) is 61.2 Å². The van der Waals surface area contributed by atoms with E-state index in [1.54, 1.807) is 18.5 Å². The molecule has 0 spiro atoms. The number of hydrogen-bond acceptors (Lipinski definition) is 7. The summed E-state index contributed by atoms with van der Waals surface area (Å²) in [7, 11) is 3.97. The molecular weight excluding hydrogens is 529 g/mol. The second-order valence-electron chi connectivity index (χ2n) is 11.2. The second kappa shape index (κ2) is 10.9. The third-order valence-corrected chi connectivity index (χ3v) is 7.99. The van der Waals surface area contributed by atoms with Crippen molar-refractivity contribution in [2.24, 2.45) is 0 Å². The van der Waals surface area contributed by atoms with E-state index in [9.17, 15) is 4.39 Å². The average molecular weight is 562 g/mol. The van der Waals surface area contributed by atoms with Crippen LogP contribution in [0.2, 0.25) is 0 Å². The van der Waals surface area contributed by atoms with Gasteiger partial charge in [0, 0.05) is 49.4 Å². The highest BCUT2D eigenvalue weighted by molar-refractivity contribution is 5.96. The quantitative estimate of drug-likeness (QED) is 0.240. The van der Waals surface area contributed by atoms with Crippen LogP contribution in [0, 0.1) is 5.82 Å². The number of H-pyrrole nitrogens is 2. The van der Waals surface area contributed by atoms with E-state index in [1.165, 1.54) is 32.0 Å². The minimum atomic E-state index is -0.260. The molecule has 10 heteroatoms. The summed E-state index contributed by atoms with van der Waals surface area (Å²) in [5, 5.41) is 8.36. The van der Waals surface area contributed by atoms with E-state index in [0.29, 0.717) is 22.7 Å². The number of fused-ring (bicyclic) bond motifs is 2. The molecule has 1 aliphatic rings. The molecule has 6 aromatic rings. The van der Waals surface area contributed by atoms with E-state index < -0.39 is 0 Å². The van der Waals surface area contributed by atoms with Crippen LogP contribution in [0.25, 0.3) is 56.0 Å². The van der Waals surface area contributed by atoms with Gasteiger partial charge in [0.15, 0.2) is 11.5 Å². The van der Waals surface area contributed by atoms with Crippen LogP contribution in [0.5, 0.6) is 0 Å². The normalized spacial score (nSPS) is 13.9. The average Bonchev–Trinajstić information content (AvgIpc) is 3.76. The lowest BCUT2D eigenvalue weighted by Crippen LogP contribution is -2.20. The fourth-order valence-electron chi connectivity index (χ4n) is 5.78. The number of likely N-dealkylation sites (tertiary alicyclic amines) is 1. The number of aryl methyl sites for hydroxylation is 1. The van der Waals surface area contributed by atoms with Crippen LogP contribution in [-0.2, 0) is 6.42 Å². The van der Waals surface area contributed by atoms with Gasteiger partial charge in [-0.2, -0.15) is 5.10 Å². The first-order valence-corrected chi connectivity index (χ1v) is 14.4. The number of imidazole rings is 1. The molecule has 9 nitrogen and oxygen atoms in total. The zero-order valence-corrected chi connectivity index (χ0v) is 23.7. The molecule has 1 aliphatic heterocycles. The largest absolute Gasteiger partial charge is 0.376 e. The summed E-state index contributed by atoms with van der Waals surface area (Å²) >= 11 is 0. The van der Waals surface area contributed by atoms with Crippen LogP contribution >= 0.6 is 0 Å². The van der Waals surface area contributed by atoms with Gasteiger partial charge in [0.25, 0.3) is 0 Å². The molecule has 0 aliphatic carbocycles. The van der Waals surface area contributed by atoms with Crippen molar-refractivity contribution in [3.63, 3.8) is 0 Å². The molecule has 0 atom stereocenters. The van der Waals surface area contributed by atoms with Gasteiger partial charge in [0.2, 0.25) is 0 Å². The summed E-state index contributed by atoms with van der Waals surface area (Å²) in [6, 6.07) is 11.2. The Labute approximate surface area is 242 Å². The molecule has 5 aromatic heterocycles. The highest BCUT2D eigenvalue weighted by atomic mass is 19.1. The van der Waals surface area contributed by atoms with Crippen molar-refractivity contribution in [3.8, 4) is 33.9 Å². The lowest BCUT2D eigenvalue weighted by Gasteiger charge is -2.14. The summed E-state index contributed by atoms with van der Waals surface area (Å²) in [5.41, 5.74) is 8.03. The number of halogens is 1. The molecule has 0 amide bonds. The van der Waals surface area contributed by atoms with Crippen molar-refractivity contribution < 1.29 is 4.39 Å². The molecule has 1 saturated heterocycles. The molecular formula is C32H32FN9. The van der Waals surface area contributed by atoms with Gasteiger partial charge in [-0.1, -0.05) is 0 Å². The molecule has 6 heterocycles. The third kappa shape index (κ3) is 5.09. The number of nitrogens with zero attached hydrogens (tertiary/aromatic N) is 7. The summed E-state index contributed by atoms with van der Waals surface area (Å²) < 4.78 is 14.8. The fourth-order valence-corrected chi connectivity index (χ4v) is 5.78. The maximum Gasteiger partial charge on any atom is 0.181 e. The van der Waals surface area contributed by atoms with Crippen LogP contribution < -0.4 is 4.90 Å². The van der Waals surface area contributed by atoms with E-state index >= 15 is 0 Å². The number of rotatable bonds is 8. The van der Waals surface area contributed by atoms with Gasteiger partial charge in [-0.3, -0.25) is 15.1 Å². The van der Waals surface area contributed by atoms with E-state index in [1.807, 2.05) is 49.6 Å². The van der Waals surface area contributed by atoms with E-state index in [2.05, 4.69) is 41.1 Å². The minimum Gasteiger partial charge on any atom is -0.376 e. The van der Waals surface area contributed by atoms with Crippen LogP contribution in [0.3, 0.4) is 0 Å². The molecule has 0 bridgehead atoms. The molecule has 1 fully saturated rings. The van der Waals surface area contributed by atoms with Gasteiger partial charge < -0.3 is 14.8 Å². The first-order chi connectivity index (χ1) is 20.5. The SMILES string of the molecule is CN(C)c1cncc(-c2cnc3n[nH]c(-c4nc5c(-c6cc(F)cc(CCCN7CCCC7)c6)nccc5[nH]4)c3c2)c1. The Morgan fingerprint density at radius 2 is 1.81 bits per heavy atom. The van der Waals surface area contributed by atoms with E-state index in [0.717, 1.165) is 63.9 Å². The van der Waals surface area contributed by atoms with Crippen molar-refractivity contribution in [2.45, 2.75) is 25.7 Å². The van der Waals surface area contributed by atoms with Gasteiger partial charge in [-0.15, -0.1) is 0 Å². The van der Waals surface area contributed by atoms with Crippen molar-refractivity contribution in [2.75, 3.05) is 38.6 Å². The van der Waals surface area contributed by atoms with Crippen molar-refractivity contribution in [1.29, 1.82) is 0 Å².